The van der Waals surface area contributed by atoms with Crippen molar-refractivity contribution in [3.63, 3.8) is 0 Å². The van der Waals surface area contributed by atoms with Gasteiger partial charge >= 0.3 is 6.18 Å². The van der Waals surface area contributed by atoms with E-state index in [1.807, 2.05) is 6.92 Å². The van der Waals surface area contributed by atoms with Crippen LogP contribution in [-0.2, 0) is 16.4 Å². The molecule has 160 valence electrons. The number of anilines is 1. The van der Waals surface area contributed by atoms with Crippen LogP contribution in [0.5, 0.6) is 5.88 Å². The van der Waals surface area contributed by atoms with Crippen molar-refractivity contribution in [1.29, 1.82) is 0 Å². The second-order valence-corrected chi connectivity index (χ2v) is 8.70. The summed E-state index contributed by atoms with van der Waals surface area (Å²) in [5, 5.41) is 3.51. The molecular weight excluding hydrogens is 417 g/mol. The number of rotatable bonds is 3. The molecule has 2 aliphatic rings. The second kappa shape index (κ2) is 7.76. The number of hydrogen-bond acceptors (Lipinski definition) is 3. The molecule has 0 bridgehead atoms. The Labute approximate surface area is 177 Å². The fourth-order valence-electron chi connectivity index (χ4n) is 4.50. The normalized spacial score (nSPS) is 24.2. The molecule has 0 unspecified atom stereocenters. The summed E-state index contributed by atoms with van der Waals surface area (Å²) in [7, 11) is 0. The SMILES string of the molecule is C[C@H](C(=O)Nc1ccc(Cl)cc1)C1CCC2(CC1)COc1ncc(C(F)(F)F)cc12. The molecule has 1 N–H and O–H groups in total. The van der Waals surface area contributed by atoms with E-state index in [0.29, 0.717) is 41.6 Å². The molecule has 2 heterocycles. The van der Waals surface area contributed by atoms with Crippen LogP contribution in [0.25, 0.3) is 0 Å². The van der Waals surface area contributed by atoms with Crippen LogP contribution in [0.1, 0.15) is 43.7 Å². The number of fused-ring (bicyclic) bond motifs is 2. The van der Waals surface area contributed by atoms with Gasteiger partial charge in [0.2, 0.25) is 11.8 Å². The summed E-state index contributed by atoms with van der Waals surface area (Å²) in [6.07, 6.45) is -0.773. The highest BCUT2D eigenvalue weighted by Gasteiger charge is 2.46. The summed E-state index contributed by atoms with van der Waals surface area (Å²) in [5.74, 6) is 0.183. The molecule has 2 aromatic rings. The van der Waals surface area contributed by atoms with Crippen LogP contribution in [0.2, 0.25) is 5.02 Å². The summed E-state index contributed by atoms with van der Waals surface area (Å²) in [5.41, 5.74) is 0.0392. The van der Waals surface area contributed by atoms with Gasteiger partial charge < -0.3 is 10.1 Å². The van der Waals surface area contributed by atoms with E-state index in [2.05, 4.69) is 10.3 Å². The zero-order chi connectivity index (χ0) is 21.5. The number of amides is 1. The third-order valence-corrected chi connectivity index (χ3v) is 6.71. The smallest absolute Gasteiger partial charge is 0.417 e. The predicted octanol–water partition coefficient (Wildman–Crippen LogP) is 5.85. The number of hydrogen-bond donors (Lipinski definition) is 1. The number of carbonyl (C=O) groups is 1. The monoisotopic (exact) mass is 438 g/mol. The molecule has 1 aromatic heterocycles. The molecule has 8 heteroatoms. The zero-order valence-corrected chi connectivity index (χ0v) is 17.2. The molecule has 4 nitrogen and oxygen atoms in total. The maximum atomic E-state index is 13.1. The standard InChI is InChI=1S/C22H22ClF3N2O2/c1-13(19(29)28-17-4-2-16(23)3-5-17)14-6-8-21(9-7-14)12-30-20-18(21)10-15(11-27-20)22(24,25)26/h2-5,10-11,13-14H,6-9,12H2,1H3,(H,28,29)/t13-,14?,21?/m0/s1. The van der Waals surface area contributed by atoms with E-state index in [1.54, 1.807) is 24.3 Å². The van der Waals surface area contributed by atoms with Crippen molar-refractivity contribution < 1.29 is 22.7 Å². The molecular formula is C22H22ClF3N2O2. The van der Waals surface area contributed by atoms with E-state index in [-0.39, 0.29) is 17.7 Å². The summed E-state index contributed by atoms with van der Waals surface area (Å²) in [6.45, 7) is 2.24. The number of alkyl halides is 3. The third kappa shape index (κ3) is 4.00. The molecule has 0 saturated heterocycles. The Morgan fingerprint density at radius 2 is 1.93 bits per heavy atom. The van der Waals surface area contributed by atoms with Gasteiger partial charge in [0.05, 0.1) is 12.2 Å². The van der Waals surface area contributed by atoms with Crippen molar-refractivity contribution >= 4 is 23.2 Å². The van der Waals surface area contributed by atoms with Crippen LogP contribution < -0.4 is 10.1 Å². The lowest BCUT2D eigenvalue weighted by atomic mass is 9.65. The minimum Gasteiger partial charge on any atom is -0.476 e. The van der Waals surface area contributed by atoms with E-state index in [0.717, 1.165) is 19.0 Å². The molecule has 0 radical (unpaired) electrons. The molecule has 30 heavy (non-hydrogen) atoms. The predicted molar refractivity (Wildman–Crippen MR) is 108 cm³/mol. The average molecular weight is 439 g/mol. The van der Waals surface area contributed by atoms with Gasteiger partial charge in [0.25, 0.3) is 0 Å². The van der Waals surface area contributed by atoms with E-state index in [9.17, 15) is 18.0 Å². The Bertz CT molecular complexity index is 938. The first kappa shape index (κ1) is 21.0. The number of benzene rings is 1. The minimum absolute atomic E-state index is 0.0673. The number of carbonyl (C=O) groups excluding carboxylic acids is 1. The van der Waals surface area contributed by atoms with Gasteiger partial charge in [-0.25, -0.2) is 4.98 Å². The molecule has 1 saturated carbocycles. The number of halogens is 4. The van der Waals surface area contributed by atoms with Gasteiger partial charge in [-0.15, -0.1) is 0 Å². The number of pyridine rings is 1. The first-order chi connectivity index (χ1) is 14.2. The fourth-order valence-corrected chi connectivity index (χ4v) is 4.62. The summed E-state index contributed by atoms with van der Waals surface area (Å²) in [4.78, 5) is 16.6. The highest BCUT2D eigenvalue weighted by molar-refractivity contribution is 6.30. The van der Waals surface area contributed by atoms with Crippen LogP contribution in [0, 0.1) is 11.8 Å². The van der Waals surface area contributed by atoms with Crippen molar-refractivity contribution in [3.8, 4) is 5.88 Å². The lowest BCUT2D eigenvalue weighted by Gasteiger charge is -2.38. The van der Waals surface area contributed by atoms with Gasteiger partial charge in [0, 0.05) is 33.8 Å². The maximum Gasteiger partial charge on any atom is 0.417 e. The van der Waals surface area contributed by atoms with E-state index < -0.39 is 17.2 Å². The fraction of sp³-hybridized carbons (Fsp3) is 0.455. The number of nitrogens with zero attached hydrogens (tertiary/aromatic N) is 1. The highest BCUT2D eigenvalue weighted by atomic mass is 35.5. The molecule has 4 rings (SSSR count). The van der Waals surface area contributed by atoms with Gasteiger partial charge in [0.1, 0.15) is 0 Å². The van der Waals surface area contributed by atoms with Crippen LogP contribution in [0.3, 0.4) is 0 Å². The molecule has 1 aromatic carbocycles. The Morgan fingerprint density at radius 3 is 2.57 bits per heavy atom. The lowest BCUT2D eigenvalue weighted by Crippen LogP contribution is -2.37. The van der Waals surface area contributed by atoms with Gasteiger partial charge in [-0.1, -0.05) is 18.5 Å². The van der Waals surface area contributed by atoms with Gasteiger partial charge in [-0.2, -0.15) is 13.2 Å². The van der Waals surface area contributed by atoms with Crippen molar-refractivity contribution in [2.24, 2.45) is 11.8 Å². The molecule has 1 aliphatic carbocycles. The second-order valence-electron chi connectivity index (χ2n) is 8.27. The van der Waals surface area contributed by atoms with Crippen LogP contribution in [-0.4, -0.2) is 17.5 Å². The Morgan fingerprint density at radius 1 is 1.27 bits per heavy atom. The minimum atomic E-state index is -4.43. The van der Waals surface area contributed by atoms with Crippen LogP contribution in [0.4, 0.5) is 18.9 Å². The number of aromatic nitrogens is 1. The molecule has 1 fully saturated rings. The van der Waals surface area contributed by atoms with Crippen molar-refractivity contribution in [3.05, 3.63) is 52.7 Å². The number of ether oxygens (including phenoxy) is 1. The van der Waals surface area contributed by atoms with Gasteiger partial charge in [0.15, 0.2) is 0 Å². The lowest BCUT2D eigenvalue weighted by molar-refractivity contribution is -0.138. The molecule has 1 amide bonds. The van der Waals surface area contributed by atoms with Crippen molar-refractivity contribution in [2.45, 2.75) is 44.2 Å². The quantitative estimate of drug-likeness (QED) is 0.654. The summed E-state index contributed by atoms with van der Waals surface area (Å²) < 4.78 is 45.0. The van der Waals surface area contributed by atoms with Crippen LogP contribution in [0.15, 0.2) is 36.5 Å². The first-order valence-electron chi connectivity index (χ1n) is 9.95. The Hall–Kier alpha value is -2.28. The summed E-state index contributed by atoms with van der Waals surface area (Å²) in [6, 6.07) is 8.12. The molecule has 1 atom stereocenters. The van der Waals surface area contributed by atoms with E-state index in [1.165, 1.54) is 6.07 Å². The number of nitrogens with one attached hydrogen (secondary N) is 1. The van der Waals surface area contributed by atoms with E-state index in [4.69, 9.17) is 16.3 Å². The Balaban J connectivity index is 1.43. The first-order valence-corrected chi connectivity index (χ1v) is 10.3. The third-order valence-electron chi connectivity index (χ3n) is 6.45. The molecule has 1 aliphatic heterocycles. The van der Waals surface area contributed by atoms with Crippen molar-refractivity contribution in [2.75, 3.05) is 11.9 Å². The Kier molecular flexibility index (Phi) is 5.43. The highest BCUT2D eigenvalue weighted by Crippen LogP contribution is 2.50. The summed E-state index contributed by atoms with van der Waals surface area (Å²) >= 11 is 5.87. The maximum absolute atomic E-state index is 13.1. The van der Waals surface area contributed by atoms with E-state index >= 15 is 0 Å². The van der Waals surface area contributed by atoms with Gasteiger partial charge in [-0.05, 0) is 61.9 Å². The zero-order valence-electron chi connectivity index (χ0n) is 16.4. The average Bonchev–Trinajstić information content (AvgIpc) is 3.07. The van der Waals surface area contributed by atoms with Crippen molar-refractivity contribution in [1.82, 2.24) is 4.98 Å². The largest absolute Gasteiger partial charge is 0.476 e. The topological polar surface area (TPSA) is 51.2 Å². The molecule has 1 spiro atoms. The van der Waals surface area contributed by atoms with Crippen LogP contribution >= 0.6 is 11.6 Å². The van der Waals surface area contributed by atoms with Gasteiger partial charge in [-0.3, -0.25) is 4.79 Å².